The number of ether oxygens (including phenoxy) is 1. The fourth-order valence-corrected chi connectivity index (χ4v) is 3.56. The van der Waals surface area contributed by atoms with E-state index in [2.05, 4.69) is 29.2 Å². The molecular weight excluding hydrogens is 310 g/mol. The van der Waals surface area contributed by atoms with Gasteiger partial charge in [0.25, 0.3) is 0 Å². The zero-order valence-electron chi connectivity index (χ0n) is 13.8. The van der Waals surface area contributed by atoms with Gasteiger partial charge in [0.05, 0.1) is 19.8 Å². The first-order chi connectivity index (χ1) is 11.2. The molecule has 0 aliphatic carbocycles. The molecular formula is C18H27NO3S. The molecule has 2 aromatic rings. The van der Waals surface area contributed by atoms with Crippen molar-refractivity contribution < 1.29 is 14.9 Å². The van der Waals surface area contributed by atoms with Gasteiger partial charge in [-0.05, 0) is 49.4 Å². The average molecular weight is 337 g/mol. The molecule has 0 bridgehead atoms. The molecule has 0 amide bonds. The Bertz CT molecular complexity index is 585. The van der Waals surface area contributed by atoms with Crippen molar-refractivity contribution in [3.05, 3.63) is 34.7 Å². The molecule has 0 aliphatic rings. The van der Waals surface area contributed by atoms with E-state index in [1.165, 1.54) is 20.5 Å². The normalized spacial score (nSPS) is 11.7. The number of fused-ring (bicyclic) bond motifs is 1. The van der Waals surface area contributed by atoms with Crippen molar-refractivity contribution in [2.24, 2.45) is 0 Å². The van der Waals surface area contributed by atoms with Crippen molar-refractivity contribution in [3.8, 4) is 0 Å². The number of nitrogens with zero attached hydrogens (tertiary/aromatic N) is 1. The second-order valence-electron chi connectivity index (χ2n) is 5.80. The summed E-state index contributed by atoms with van der Waals surface area (Å²) in [6.07, 6.45) is 2.70. The molecule has 0 spiro atoms. The van der Waals surface area contributed by atoms with Gasteiger partial charge in [-0.2, -0.15) is 0 Å². The number of rotatable bonds is 11. The summed E-state index contributed by atoms with van der Waals surface area (Å²) in [4.78, 5) is 3.40. The summed E-state index contributed by atoms with van der Waals surface area (Å²) in [7, 11) is 1.98. The summed E-state index contributed by atoms with van der Waals surface area (Å²) in [6.45, 7) is 3.40. The van der Waals surface area contributed by atoms with Gasteiger partial charge in [0.1, 0.15) is 0 Å². The Morgan fingerprint density at radius 1 is 1.04 bits per heavy atom. The first-order valence-corrected chi connectivity index (χ1v) is 9.04. The molecule has 4 nitrogen and oxygen atoms in total. The van der Waals surface area contributed by atoms with E-state index < -0.39 is 0 Å². The predicted molar refractivity (Wildman–Crippen MR) is 96.3 cm³/mol. The van der Waals surface area contributed by atoms with Crippen molar-refractivity contribution in [1.29, 1.82) is 0 Å². The van der Waals surface area contributed by atoms with Crippen molar-refractivity contribution in [2.45, 2.75) is 19.3 Å². The lowest BCUT2D eigenvalue weighted by Gasteiger charge is -2.14. The minimum atomic E-state index is 0.192. The van der Waals surface area contributed by atoms with Crippen LogP contribution < -0.4 is 0 Å². The van der Waals surface area contributed by atoms with Gasteiger partial charge in [-0.1, -0.05) is 12.1 Å². The molecule has 1 aromatic heterocycles. The SMILES string of the molecule is CN(CCO)CCOCCc1ccc2sc(CCCO)cc2c1. The number of likely N-dealkylation sites (N-methyl/N-ethyl adjacent to an activating group) is 1. The Labute approximate surface area is 142 Å². The smallest absolute Gasteiger partial charge is 0.0593 e. The van der Waals surface area contributed by atoms with Crippen LogP contribution in [0.3, 0.4) is 0 Å². The monoisotopic (exact) mass is 337 g/mol. The topological polar surface area (TPSA) is 52.9 Å². The second-order valence-corrected chi connectivity index (χ2v) is 6.97. The number of hydrogen-bond donors (Lipinski definition) is 2. The zero-order chi connectivity index (χ0) is 16.5. The third-order valence-corrected chi connectivity index (χ3v) is 5.02. The number of aliphatic hydroxyl groups is 2. The Hall–Kier alpha value is -0.980. The van der Waals surface area contributed by atoms with Gasteiger partial charge in [0, 0.05) is 29.3 Å². The highest BCUT2D eigenvalue weighted by Crippen LogP contribution is 2.27. The van der Waals surface area contributed by atoms with Crippen LogP contribution in [0.25, 0.3) is 10.1 Å². The lowest BCUT2D eigenvalue weighted by Crippen LogP contribution is -2.26. The highest BCUT2D eigenvalue weighted by atomic mass is 32.1. The van der Waals surface area contributed by atoms with E-state index in [-0.39, 0.29) is 13.2 Å². The minimum absolute atomic E-state index is 0.192. The van der Waals surface area contributed by atoms with Gasteiger partial charge >= 0.3 is 0 Å². The van der Waals surface area contributed by atoms with Crippen LogP contribution in [0.5, 0.6) is 0 Å². The number of hydrogen-bond acceptors (Lipinski definition) is 5. The molecule has 0 aliphatic heterocycles. The van der Waals surface area contributed by atoms with Gasteiger partial charge in [0.15, 0.2) is 0 Å². The minimum Gasteiger partial charge on any atom is -0.396 e. The summed E-state index contributed by atoms with van der Waals surface area (Å²) in [5.74, 6) is 0. The fraction of sp³-hybridized carbons (Fsp3) is 0.556. The molecule has 128 valence electrons. The van der Waals surface area contributed by atoms with Crippen LogP contribution in [0.1, 0.15) is 16.9 Å². The molecule has 0 unspecified atom stereocenters. The maximum Gasteiger partial charge on any atom is 0.0593 e. The molecule has 2 N–H and O–H groups in total. The Morgan fingerprint density at radius 2 is 1.91 bits per heavy atom. The molecule has 23 heavy (non-hydrogen) atoms. The summed E-state index contributed by atoms with van der Waals surface area (Å²) in [5, 5.41) is 19.1. The summed E-state index contributed by atoms with van der Waals surface area (Å²) in [5.41, 5.74) is 1.30. The second kappa shape index (κ2) is 10.0. The van der Waals surface area contributed by atoms with E-state index in [1.54, 1.807) is 0 Å². The number of thiophene rings is 1. The lowest BCUT2D eigenvalue weighted by molar-refractivity contribution is 0.107. The molecule has 0 saturated heterocycles. The number of benzene rings is 1. The van der Waals surface area contributed by atoms with E-state index in [0.29, 0.717) is 13.2 Å². The van der Waals surface area contributed by atoms with Crippen LogP contribution >= 0.6 is 11.3 Å². The Balaban J connectivity index is 1.77. The molecule has 0 fully saturated rings. The highest BCUT2D eigenvalue weighted by Gasteiger charge is 2.03. The van der Waals surface area contributed by atoms with Gasteiger partial charge in [-0.3, -0.25) is 0 Å². The predicted octanol–water partition coefficient (Wildman–Crippen LogP) is 2.31. The van der Waals surface area contributed by atoms with Crippen LogP contribution in [0, 0.1) is 0 Å². The van der Waals surface area contributed by atoms with Crippen LogP contribution in [0.15, 0.2) is 24.3 Å². The zero-order valence-corrected chi connectivity index (χ0v) is 14.6. The standard InChI is InChI=1S/C18H27NO3S/c1-19(7-10-21)8-12-22-11-6-15-4-5-18-16(13-15)14-17(23-18)3-2-9-20/h4-5,13-14,20-21H,2-3,6-12H2,1H3. The molecule has 0 saturated carbocycles. The van der Waals surface area contributed by atoms with Crippen LogP contribution in [-0.2, 0) is 17.6 Å². The van der Waals surface area contributed by atoms with E-state index in [9.17, 15) is 0 Å². The molecule has 0 radical (unpaired) electrons. The largest absolute Gasteiger partial charge is 0.396 e. The molecule has 1 heterocycles. The first kappa shape index (κ1) is 18.4. The summed E-state index contributed by atoms with van der Waals surface area (Å²) < 4.78 is 6.99. The lowest BCUT2D eigenvalue weighted by atomic mass is 10.1. The Kier molecular flexibility index (Phi) is 7.99. The number of aryl methyl sites for hydroxylation is 1. The van der Waals surface area contributed by atoms with Gasteiger partial charge in [-0.25, -0.2) is 0 Å². The molecule has 1 aromatic carbocycles. The fourth-order valence-electron chi connectivity index (χ4n) is 2.47. The third kappa shape index (κ3) is 6.20. The van der Waals surface area contributed by atoms with Crippen molar-refractivity contribution in [2.75, 3.05) is 46.6 Å². The van der Waals surface area contributed by atoms with Crippen molar-refractivity contribution in [1.82, 2.24) is 4.90 Å². The van der Waals surface area contributed by atoms with Crippen LogP contribution in [-0.4, -0.2) is 61.7 Å². The average Bonchev–Trinajstić information content (AvgIpc) is 2.95. The quantitative estimate of drug-likeness (QED) is 0.618. The highest BCUT2D eigenvalue weighted by molar-refractivity contribution is 7.19. The van der Waals surface area contributed by atoms with Crippen LogP contribution in [0.4, 0.5) is 0 Å². The maximum absolute atomic E-state index is 8.93. The van der Waals surface area contributed by atoms with Gasteiger partial charge < -0.3 is 19.8 Å². The first-order valence-electron chi connectivity index (χ1n) is 8.22. The van der Waals surface area contributed by atoms with E-state index >= 15 is 0 Å². The number of aliphatic hydroxyl groups excluding tert-OH is 2. The molecule has 0 atom stereocenters. The third-order valence-electron chi connectivity index (χ3n) is 3.85. The van der Waals surface area contributed by atoms with Crippen molar-refractivity contribution >= 4 is 21.4 Å². The summed E-state index contributed by atoms with van der Waals surface area (Å²) >= 11 is 1.82. The Morgan fingerprint density at radius 3 is 2.70 bits per heavy atom. The van der Waals surface area contributed by atoms with E-state index in [0.717, 1.165) is 32.4 Å². The van der Waals surface area contributed by atoms with E-state index in [1.807, 2.05) is 18.4 Å². The molecule has 2 rings (SSSR count). The van der Waals surface area contributed by atoms with Gasteiger partial charge in [0.2, 0.25) is 0 Å². The molecule has 5 heteroatoms. The van der Waals surface area contributed by atoms with Crippen LogP contribution in [0.2, 0.25) is 0 Å². The summed E-state index contributed by atoms with van der Waals surface area (Å²) in [6, 6.07) is 8.85. The van der Waals surface area contributed by atoms with Gasteiger partial charge in [-0.15, -0.1) is 11.3 Å². The van der Waals surface area contributed by atoms with E-state index in [4.69, 9.17) is 14.9 Å². The van der Waals surface area contributed by atoms with Crippen molar-refractivity contribution in [3.63, 3.8) is 0 Å². The maximum atomic E-state index is 8.93.